The molecule has 5 heteroatoms. The van der Waals surface area contributed by atoms with Crippen LogP contribution in [0.4, 0.5) is 17.2 Å². The third-order valence-corrected chi connectivity index (χ3v) is 5.16. The van der Waals surface area contributed by atoms with E-state index in [1.807, 2.05) is 17.9 Å². The van der Waals surface area contributed by atoms with E-state index < -0.39 is 0 Å². The summed E-state index contributed by atoms with van der Waals surface area (Å²) in [5.74, 6) is 0.361. The van der Waals surface area contributed by atoms with Crippen LogP contribution in [0.2, 0.25) is 0 Å². The second-order valence-electron chi connectivity index (χ2n) is 7.40. The molecule has 1 aromatic heterocycles. The second-order valence-corrected chi connectivity index (χ2v) is 7.40. The normalized spacial score (nSPS) is 13.6. The van der Waals surface area contributed by atoms with Gasteiger partial charge >= 0.3 is 5.97 Å². The third kappa shape index (κ3) is 3.64. The molecule has 0 saturated heterocycles. The van der Waals surface area contributed by atoms with Crippen LogP contribution in [0.1, 0.15) is 59.4 Å². The van der Waals surface area contributed by atoms with E-state index >= 15 is 0 Å². The molecule has 1 aliphatic rings. The quantitative estimate of drug-likeness (QED) is 0.738. The number of benzene rings is 1. The van der Waals surface area contributed by atoms with Gasteiger partial charge in [-0.15, -0.1) is 0 Å². The molecule has 3 rings (SSSR count). The lowest BCUT2D eigenvalue weighted by Crippen LogP contribution is -2.33. The second kappa shape index (κ2) is 7.59. The predicted molar refractivity (Wildman–Crippen MR) is 110 cm³/mol. The number of nitrogens with zero attached hydrogens (tertiary/aromatic N) is 2. The Hall–Kier alpha value is -2.56. The zero-order valence-corrected chi connectivity index (χ0v) is 17.1. The highest BCUT2D eigenvalue weighted by molar-refractivity contribution is 6.03. The van der Waals surface area contributed by atoms with Gasteiger partial charge in [-0.1, -0.05) is 31.5 Å². The van der Waals surface area contributed by atoms with Crippen molar-refractivity contribution in [2.75, 3.05) is 16.9 Å². The van der Waals surface area contributed by atoms with Crippen molar-refractivity contribution in [3.8, 4) is 0 Å². The highest BCUT2D eigenvalue weighted by atomic mass is 16.5. The molecule has 2 aromatic rings. The molecule has 0 amide bonds. The van der Waals surface area contributed by atoms with E-state index in [1.165, 1.54) is 5.56 Å². The molecule has 0 bridgehead atoms. The SMILES string of the molecule is CCC(CC)Nc1cc(C)nc2c1C(=O)OCN2c1c(C)cc(C)cc1C. The van der Waals surface area contributed by atoms with Crippen molar-refractivity contribution < 1.29 is 9.53 Å². The number of aryl methyl sites for hydroxylation is 4. The number of ether oxygens (including phenoxy) is 1. The fourth-order valence-electron chi connectivity index (χ4n) is 3.90. The molecule has 144 valence electrons. The van der Waals surface area contributed by atoms with Crippen molar-refractivity contribution in [1.29, 1.82) is 0 Å². The number of carbonyl (C=O) groups excluding carboxylic acids is 1. The van der Waals surface area contributed by atoms with E-state index in [-0.39, 0.29) is 12.7 Å². The van der Waals surface area contributed by atoms with Gasteiger partial charge in [0.1, 0.15) is 5.56 Å². The molecule has 1 N–H and O–H groups in total. The average molecular weight is 367 g/mol. The molecule has 0 atom stereocenters. The number of pyridine rings is 1. The molecule has 1 aliphatic heterocycles. The number of hydrogen-bond acceptors (Lipinski definition) is 5. The van der Waals surface area contributed by atoms with E-state index in [2.05, 4.69) is 52.1 Å². The molecule has 2 heterocycles. The lowest BCUT2D eigenvalue weighted by molar-refractivity contribution is 0.0493. The molecule has 5 nitrogen and oxygen atoms in total. The molecule has 0 radical (unpaired) electrons. The maximum Gasteiger partial charge on any atom is 0.345 e. The van der Waals surface area contributed by atoms with E-state index in [0.717, 1.165) is 41.0 Å². The Kier molecular flexibility index (Phi) is 5.40. The Morgan fingerprint density at radius 2 is 1.74 bits per heavy atom. The number of fused-ring (bicyclic) bond motifs is 1. The van der Waals surface area contributed by atoms with Crippen LogP contribution < -0.4 is 10.2 Å². The highest BCUT2D eigenvalue weighted by Gasteiger charge is 2.32. The Labute approximate surface area is 161 Å². The van der Waals surface area contributed by atoms with Gasteiger partial charge in [-0.2, -0.15) is 0 Å². The van der Waals surface area contributed by atoms with Gasteiger partial charge in [-0.05, 0) is 57.7 Å². The average Bonchev–Trinajstić information content (AvgIpc) is 2.60. The molecular formula is C22H29N3O2. The third-order valence-electron chi connectivity index (χ3n) is 5.16. The number of hydrogen-bond donors (Lipinski definition) is 1. The number of cyclic esters (lactones) is 1. The van der Waals surface area contributed by atoms with Crippen LogP contribution in [0, 0.1) is 27.7 Å². The van der Waals surface area contributed by atoms with Crippen molar-refractivity contribution in [2.24, 2.45) is 0 Å². The summed E-state index contributed by atoms with van der Waals surface area (Å²) in [7, 11) is 0. The Bertz CT molecular complexity index is 849. The largest absolute Gasteiger partial charge is 0.440 e. The number of carbonyl (C=O) groups is 1. The van der Waals surface area contributed by atoms with Gasteiger partial charge in [0.15, 0.2) is 12.5 Å². The molecular weight excluding hydrogens is 338 g/mol. The summed E-state index contributed by atoms with van der Waals surface area (Å²) in [4.78, 5) is 19.4. The standard InChI is InChI=1S/C22H29N3O2/c1-7-17(8-2)24-18-11-16(6)23-21-19(18)22(26)27-12-25(21)20-14(4)9-13(3)10-15(20)5/h9-11,17H,7-8,12H2,1-6H3,(H,23,24). The summed E-state index contributed by atoms with van der Waals surface area (Å²) >= 11 is 0. The van der Waals surface area contributed by atoms with E-state index in [4.69, 9.17) is 9.72 Å². The summed E-state index contributed by atoms with van der Waals surface area (Å²) in [5.41, 5.74) is 6.78. The van der Waals surface area contributed by atoms with Crippen LogP contribution in [-0.4, -0.2) is 23.7 Å². The first-order valence-corrected chi connectivity index (χ1v) is 9.66. The molecule has 0 fully saturated rings. The number of esters is 1. The molecule has 27 heavy (non-hydrogen) atoms. The smallest absolute Gasteiger partial charge is 0.345 e. The van der Waals surface area contributed by atoms with Crippen molar-refractivity contribution in [1.82, 2.24) is 4.98 Å². The van der Waals surface area contributed by atoms with Gasteiger partial charge in [0.2, 0.25) is 0 Å². The van der Waals surface area contributed by atoms with Gasteiger partial charge in [-0.3, -0.25) is 4.90 Å². The summed E-state index contributed by atoms with van der Waals surface area (Å²) in [6.45, 7) is 12.7. The fraction of sp³-hybridized carbons (Fsp3) is 0.455. The predicted octanol–water partition coefficient (Wildman–Crippen LogP) is 5.18. The number of nitrogens with one attached hydrogen (secondary N) is 1. The minimum absolute atomic E-state index is 0.178. The minimum atomic E-state index is -0.315. The summed E-state index contributed by atoms with van der Waals surface area (Å²) in [6.07, 6.45) is 1.98. The number of anilines is 3. The lowest BCUT2D eigenvalue weighted by atomic mass is 10.0. The minimum Gasteiger partial charge on any atom is -0.440 e. The van der Waals surface area contributed by atoms with Gasteiger partial charge in [-0.25, -0.2) is 9.78 Å². The fourth-order valence-corrected chi connectivity index (χ4v) is 3.90. The lowest BCUT2D eigenvalue weighted by Gasteiger charge is -2.33. The van der Waals surface area contributed by atoms with Crippen LogP contribution in [0.3, 0.4) is 0 Å². The van der Waals surface area contributed by atoms with Crippen LogP contribution >= 0.6 is 0 Å². The summed E-state index contributed by atoms with van der Waals surface area (Å²) in [5, 5.41) is 3.52. The Morgan fingerprint density at radius 3 is 2.33 bits per heavy atom. The molecule has 1 aromatic carbocycles. The first-order chi connectivity index (χ1) is 12.8. The molecule has 0 spiro atoms. The summed E-state index contributed by atoms with van der Waals surface area (Å²) in [6, 6.07) is 6.55. The van der Waals surface area contributed by atoms with Crippen LogP contribution in [0.25, 0.3) is 0 Å². The van der Waals surface area contributed by atoms with Gasteiger partial charge < -0.3 is 10.1 Å². The van der Waals surface area contributed by atoms with Crippen LogP contribution in [-0.2, 0) is 4.74 Å². The van der Waals surface area contributed by atoms with Gasteiger partial charge in [0.25, 0.3) is 0 Å². The first-order valence-electron chi connectivity index (χ1n) is 9.66. The Balaban J connectivity index is 2.16. The van der Waals surface area contributed by atoms with Crippen molar-refractivity contribution in [2.45, 2.75) is 60.4 Å². The van der Waals surface area contributed by atoms with Crippen LogP contribution in [0.5, 0.6) is 0 Å². The van der Waals surface area contributed by atoms with Gasteiger partial charge in [0, 0.05) is 11.7 Å². The zero-order chi connectivity index (χ0) is 19.7. The van der Waals surface area contributed by atoms with Gasteiger partial charge in [0.05, 0.1) is 11.4 Å². The highest BCUT2D eigenvalue weighted by Crippen LogP contribution is 2.39. The van der Waals surface area contributed by atoms with Crippen molar-refractivity contribution in [3.05, 3.63) is 46.1 Å². The molecule has 0 aliphatic carbocycles. The maximum absolute atomic E-state index is 12.6. The maximum atomic E-state index is 12.6. The van der Waals surface area contributed by atoms with E-state index in [9.17, 15) is 4.79 Å². The topological polar surface area (TPSA) is 54.5 Å². The molecule has 0 saturated carbocycles. The Morgan fingerprint density at radius 1 is 1.11 bits per heavy atom. The monoisotopic (exact) mass is 367 g/mol. The van der Waals surface area contributed by atoms with Crippen LogP contribution in [0.15, 0.2) is 18.2 Å². The number of rotatable bonds is 5. The zero-order valence-electron chi connectivity index (χ0n) is 17.1. The first kappa shape index (κ1) is 19.2. The van der Waals surface area contributed by atoms with E-state index in [1.54, 1.807) is 0 Å². The number of aromatic nitrogens is 1. The van der Waals surface area contributed by atoms with Crippen molar-refractivity contribution in [3.63, 3.8) is 0 Å². The summed E-state index contributed by atoms with van der Waals surface area (Å²) < 4.78 is 5.55. The van der Waals surface area contributed by atoms with E-state index in [0.29, 0.717) is 17.4 Å². The molecule has 0 unspecified atom stereocenters. The van der Waals surface area contributed by atoms with Crippen molar-refractivity contribution >= 4 is 23.2 Å².